The van der Waals surface area contributed by atoms with Crippen molar-refractivity contribution in [3.05, 3.63) is 52.6 Å². The Hall–Kier alpha value is -1.32. The van der Waals surface area contributed by atoms with Crippen LogP contribution in [0.4, 0.5) is 0 Å². The van der Waals surface area contributed by atoms with Gasteiger partial charge >= 0.3 is 0 Å². The monoisotopic (exact) mass is 249 g/mol. The van der Waals surface area contributed by atoms with E-state index in [4.69, 9.17) is 17.3 Å². The van der Waals surface area contributed by atoms with Crippen molar-refractivity contribution in [1.82, 2.24) is 9.55 Å². The number of hydrogen-bond acceptors (Lipinski definition) is 2. The SMILES string of the molecule is Cn1cnc(CN)c1CCc1ccc(Cl)cc1. The Bertz CT molecular complexity index is 488. The summed E-state index contributed by atoms with van der Waals surface area (Å²) < 4.78 is 2.04. The molecule has 3 nitrogen and oxygen atoms in total. The van der Waals surface area contributed by atoms with Crippen molar-refractivity contribution in [2.24, 2.45) is 12.8 Å². The highest BCUT2D eigenvalue weighted by atomic mass is 35.5. The van der Waals surface area contributed by atoms with Gasteiger partial charge in [-0.3, -0.25) is 0 Å². The minimum absolute atomic E-state index is 0.497. The summed E-state index contributed by atoms with van der Waals surface area (Å²) in [5, 5.41) is 0.775. The Morgan fingerprint density at radius 2 is 1.94 bits per heavy atom. The predicted molar refractivity (Wildman–Crippen MR) is 70.0 cm³/mol. The lowest BCUT2D eigenvalue weighted by Crippen LogP contribution is -2.05. The molecule has 0 aliphatic rings. The third kappa shape index (κ3) is 2.87. The Labute approximate surface area is 106 Å². The number of aromatic nitrogens is 2. The van der Waals surface area contributed by atoms with Gasteiger partial charge in [-0.1, -0.05) is 23.7 Å². The third-order valence-corrected chi connectivity index (χ3v) is 3.15. The summed E-state index contributed by atoms with van der Waals surface area (Å²) in [5.74, 6) is 0. The zero-order valence-corrected chi connectivity index (χ0v) is 10.6. The molecule has 2 N–H and O–H groups in total. The van der Waals surface area contributed by atoms with Crippen LogP contribution in [0.15, 0.2) is 30.6 Å². The molecule has 0 aliphatic carbocycles. The lowest BCUT2D eigenvalue weighted by Gasteiger charge is -2.05. The van der Waals surface area contributed by atoms with Gasteiger partial charge in [-0.25, -0.2) is 4.98 Å². The van der Waals surface area contributed by atoms with Crippen molar-refractivity contribution >= 4 is 11.6 Å². The predicted octanol–water partition coefficient (Wildman–Crippen LogP) is 2.32. The van der Waals surface area contributed by atoms with E-state index < -0.39 is 0 Å². The highest BCUT2D eigenvalue weighted by Gasteiger charge is 2.07. The second-order valence-electron chi connectivity index (χ2n) is 4.08. The lowest BCUT2D eigenvalue weighted by atomic mass is 10.1. The van der Waals surface area contributed by atoms with Gasteiger partial charge in [0.25, 0.3) is 0 Å². The van der Waals surface area contributed by atoms with Crippen molar-refractivity contribution in [3.8, 4) is 0 Å². The summed E-state index contributed by atoms with van der Waals surface area (Å²) in [4.78, 5) is 4.28. The Balaban J connectivity index is 2.06. The summed E-state index contributed by atoms with van der Waals surface area (Å²) in [5.41, 5.74) is 9.13. The molecule has 0 unspecified atom stereocenters. The standard InChI is InChI=1S/C13H16ClN3/c1-17-9-16-12(8-15)13(17)7-4-10-2-5-11(14)6-3-10/h2-3,5-6,9H,4,7-8,15H2,1H3. The average Bonchev–Trinajstić information content (AvgIpc) is 2.69. The van der Waals surface area contributed by atoms with Crippen molar-refractivity contribution in [3.63, 3.8) is 0 Å². The Morgan fingerprint density at radius 3 is 2.59 bits per heavy atom. The van der Waals surface area contributed by atoms with E-state index in [-0.39, 0.29) is 0 Å². The molecule has 0 atom stereocenters. The first-order valence-electron chi connectivity index (χ1n) is 5.64. The largest absolute Gasteiger partial charge is 0.337 e. The average molecular weight is 250 g/mol. The molecule has 1 heterocycles. The second-order valence-corrected chi connectivity index (χ2v) is 4.52. The second kappa shape index (κ2) is 5.34. The van der Waals surface area contributed by atoms with Crippen molar-refractivity contribution in [1.29, 1.82) is 0 Å². The molecule has 2 aromatic rings. The number of nitrogens with two attached hydrogens (primary N) is 1. The van der Waals surface area contributed by atoms with E-state index in [2.05, 4.69) is 17.1 Å². The third-order valence-electron chi connectivity index (χ3n) is 2.90. The fourth-order valence-electron chi connectivity index (χ4n) is 1.91. The molecule has 0 fully saturated rings. The molecule has 0 amide bonds. The molecule has 4 heteroatoms. The van der Waals surface area contributed by atoms with E-state index in [0.717, 1.165) is 23.6 Å². The molecule has 90 valence electrons. The summed E-state index contributed by atoms with van der Waals surface area (Å²) in [6.45, 7) is 0.497. The van der Waals surface area contributed by atoms with Crippen LogP contribution in [0, 0.1) is 0 Å². The molecule has 1 aromatic heterocycles. The van der Waals surface area contributed by atoms with E-state index >= 15 is 0 Å². The Kier molecular flexibility index (Phi) is 3.82. The fraction of sp³-hybridized carbons (Fsp3) is 0.308. The normalized spacial score (nSPS) is 10.8. The molecule has 0 aliphatic heterocycles. The van der Waals surface area contributed by atoms with E-state index in [9.17, 15) is 0 Å². The van der Waals surface area contributed by atoms with E-state index in [1.165, 1.54) is 11.3 Å². The van der Waals surface area contributed by atoms with Gasteiger partial charge in [0.15, 0.2) is 0 Å². The van der Waals surface area contributed by atoms with Gasteiger partial charge in [0.05, 0.1) is 12.0 Å². The van der Waals surface area contributed by atoms with Gasteiger partial charge in [0.2, 0.25) is 0 Å². The van der Waals surface area contributed by atoms with Gasteiger partial charge in [0.1, 0.15) is 0 Å². The van der Waals surface area contributed by atoms with E-state index in [1.807, 2.05) is 30.1 Å². The number of hydrogen-bond donors (Lipinski definition) is 1. The van der Waals surface area contributed by atoms with E-state index in [1.54, 1.807) is 0 Å². The van der Waals surface area contributed by atoms with Gasteiger partial charge < -0.3 is 10.3 Å². The number of nitrogens with zero attached hydrogens (tertiary/aromatic N) is 2. The number of benzene rings is 1. The van der Waals surface area contributed by atoms with Gasteiger partial charge in [0, 0.05) is 24.3 Å². The van der Waals surface area contributed by atoms with Crippen LogP contribution < -0.4 is 5.73 Å². The first-order chi connectivity index (χ1) is 8.20. The zero-order chi connectivity index (χ0) is 12.3. The van der Waals surface area contributed by atoms with Crippen LogP contribution in [-0.4, -0.2) is 9.55 Å². The smallest absolute Gasteiger partial charge is 0.0949 e. The molecular weight excluding hydrogens is 234 g/mol. The number of halogens is 1. The van der Waals surface area contributed by atoms with Gasteiger partial charge in [-0.2, -0.15) is 0 Å². The quantitative estimate of drug-likeness (QED) is 0.904. The number of aryl methyl sites for hydroxylation is 2. The first-order valence-corrected chi connectivity index (χ1v) is 6.02. The summed E-state index contributed by atoms with van der Waals surface area (Å²) >= 11 is 5.85. The highest BCUT2D eigenvalue weighted by Crippen LogP contribution is 2.13. The van der Waals surface area contributed by atoms with Gasteiger partial charge in [-0.05, 0) is 30.5 Å². The molecule has 0 radical (unpaired) electrons. The van der Waals surface area contributed by atoms with Crippen LogP contribution in [0.25, 0.3) is 0 Å². The van der Waals surface area contributed by atoms with E-state index in [0.29, 0.717) is 6.54 Å². The van der Waals surface area contributed by atoms with Crippen LogP contribution in [0.3, 0.4) is 0 Å². The van der Waals surface area contributed by atoms with Gasteiger partial charge in [-0.15, -0.1) is 0 Å². The molecule has 1 aromatic carbocycles. The molecule has 17 heavy (non-hydrogen) atoms. The maximum Gasteiger partial charge on any atom is 0.0949 e. The highest BCUT2D eigenvalue weighted by molar-refractivity contribution is 6.30. The topological polar surface area (TPSA) is 43.8 Å². The fourth-order valence-corrected chi connectivity index (χ4v) is 2.04. The van der Waals surface area contributed by atoms with Crippen LogP contribution in [0.2, 0.25) is 5.02 Å². The van der Waals surface area contributed by atoms with Crippen LogP contribution >= 0.6 is 11.6 Å². The summed E-state index contributed by atoms with van der Waals surface area (Å²) in [6, 6.07) is 7.95. The molecule has 2 rings (SSSR count). The maximum absolute atomic E-state index is 5.85. The molecule has 0 bridgehead atoms. The van der Waals surface area contributed by atoms with Crippen LogP contribution in [0.5, 0.6) is 0 Å². The van der Waals surface area contributed by atoms with Crippen molar-refractivity contribution < 1.29 is 0 Å². The minimum atomic E-state index is 0.497. The summed E-state index contributed by atoms with van der Waals surface area (Å²) in [6.07, 6.45) is 3.74. The maximum atomic E-state index is 5.85. The number of rotatable bonds is 4. The first kappa shape index (κ1) is 12.1. The molecule has 0 spiro atoms. The van der Waals surface area contributed by atoms with Crippen LogP contribution in [-0.2, 0) is 26.4 Å². The summed E-state index contributed by atoms with van der Waals surface area (Å²) in [7, 11) is 2.00. The molecule has 0 saturated heterocycles. The molecular formula is C13H16ClN3. The van der Waals surface area contributed by atoms with Crippen molar-refractivity contribution in [2.75, 3.05) is 0 Å². The van der Waals surface area contributed by atoms with Crippen molar-refractivity contribution in [2.45, 2.75) is 19.4 Å². The molecule has 0 saturated carbocycles. The number of imidazole rings is 1. The minimum Gasteiger partial charge on any atom is -0.337 e. The lowest BCUT2D eigenvalue weighted by molar-refractivity contribution is 0.785. The Morgan fingerprint density at radius 1 is 1.24 bits per heavy atom. The van der Waals surface area contributed by atoms with Crippen LogP contribution in [0.1, 0.15) is 17.0 Å². The zero-order valence-electron chi connectivity index (χ0n) is 9.86.